The summed E-state index contributed by atoms with van der Waals surface area (Å²) in [5.41, 5.74) is -0.443. The Hall–Kier alpha value is -7.60. The van der Waals surface area contributed by atoms with Gasteiger partial charge in [0, 0.05) is 0 Å². The van der Waals surface area contributed by atoms with Crippen LogP contribution in [0.15, 0.2) is 144 Å². The number of carbonyl (C=O) groups is 1. The van der Waals surface area contributed by atoms with Crippen LogP contribution in [0.25, 0.3) is 29.3 Å². The van der Waals surface area contributed by atoms with E-state index in [1.165, 1.54) is 66.7 Å². The van der Waals surface area contributed by atoms with Gasteiger partial charge in [-0.15, -0.1) is 0 Å². The first-order valence-electron chi connectivity index (χ1n) is 17.2. The Bertz CT molecular complexity index is 3030. The Labute approximate surface area is 342 Å². The monoisotopic (exact) mass is 842 g/mol. The van der Waals surface area contributed by atoms with Gasteiger partial charge in [0.25, 0.3) is 11.4 Å². The molecule has 0 unspecified atom stereocenters. The first-order valence-corrected chi connectivity index (χ1v) is 20.2. The van der Waals surface area contributed by atoms with Crippen LogP contribution in [-0.2, 0) is 43.8 Å². The van der Waals surface area contributed by atoms with Gasteiger partial charge in [-0.05, 0) is 93.1 Å². The highest BCUT2D eigenvalue weighted by Gasteiger charge is 2.35. The van der Waals surface area contributed by atoms with E-state index in [2.05, 4.69) is 9.69 Å². The fourth-order valence-corrected chi connectivity index (χ4v) is 9.55. The van der Waals surface area contributed by atoms with Crippen molar-refractivity contribution in [1.29, 1.82) is 10.5 Å². The number of aromatic carboxylic acids is 1. The Kier molecular flexibility index (Phi) is 11.7. The Balaban J connectivity index is 1.20. The average molecular weight is 843 g/mol. The molecule has 16 heteroatoms. The number of hydrogen-bond donors (Lipinski definition) is 1. The highest BCUT2D eigenvalue weighted by atomic mass is 32.2. The van der Waals surface area contributed by atoms with Crippen molar-refractivity contribution in [2.24, 2.45) is 0 Å². The van der Waals surface area contributed by atoms with Crippen LogP contribution in [0.4, 0.5) is 13.2 Å². The summed E-state index contributed by atoms with van der Waals surface area (Å²) in [6.45, 7) is 14.9. The third-order valence-corrected chi connectivity index (χ3v) is 12.9. The zero-order valence-electron chi connectivity index (χ0n) is 30.6. The minimum absolute atomic E-state index is 0.0424. The molecule has 4 aromatic rings. The minimum Gasteiger partial charge on any atom is -0.478 e. The highest BCUT2D eigenvalue weighted by molar-refractivity contribution is 8.09. The van der Waals surface area contributed by atoms with E-state index in [-0.39, 0.29) is 72.6 Å². The van der Waals surface area contributed by atoms with Crippen molar-refractivity contribution in [3.63, 3.8) is 0 Å². The lowest BCUT2D eigenvalue weighted by Crippen LogP contribution is -2.12. The quantitative estimate of drug-likeness (QED) is 0.127. The molecule has 0 spiro atoms. The third-order valence-electron chi connectivity index (χ3n) is 9.19. The van der Waals surface area contributed by atoms with Crippen LogP contribution in [0.1, 0.15) is 49.3 Å². The molecule has 0 atom stereocenters. The van der Waals surface area contributed by atoms with E-state index in [4.69, 9.17) is 17.9 Å². The molecular weight excluding hydrogens is 818 g/mol. The normalized spacial score (nSPS) is 17.2. The number of halogens is 3. The predicted molar refractivity (Wildman–Crippen MR) is 214 cm³/mol. The van der Waals surface area contributed by atoms with Crippen LogP contribution >= 0.6 is 0 Å². The lowest BCUT2D eigenvalue weighted by molar-refractivity contribution is -0.137. The van der Waals surface area contributed by atoms with Crippen molar-refractivity contribution < 1.29 is 44.6 Å². The number of carboxylic acid groups (broad SMARTS) is 1. The molecule has 0 saturated heterocycles. The van der Waals surface area contributed by atoms with E-state index in [1.54, 1.807) is 36.4 Å². The van der Waals surface area contributed by atoms with Gasteiger partial charge in [0.05, 0.1) is 69.2 Å². The molecule has 11 nitrogen and oxygen atoms in total. The van der Waals surface area contributed by atoms with Crippen LogP contribution < -0.4 is 0 Å². The fraction of sp³-hybridized carbons (Fsp3) is 0.0682. The topological polar surface area (TPSA) is 171 Å². The molecular formula is C44H25F3N4O7S2. The van der Waals surface area contributed by atoms with E-state index < -0.39 is 48.0 Å². The van der Waals surface area contributed by atoms with Crippen molar-refractivity contribution in [2.45, 2.75) is 19.4 Å². The number of hydrogen-bond acceptors (Lipinski definition) is 8. The van der Waals surface area contributed by atoms with Gasteiger partial charge in [0.2, 0.25) is 19.7 Å². The summed E-state index contributed by atoms with van der Waals surface area (Å²) in [4.78, 5) is 16.5. The first-order chi connectivity index (χ1) is 28.5. The second-order valence-corrected chi connectivity index (χ2v) is 16.7. The largest absolute Gasteiger partial charge is 0.478 e. The molecule has 1 N–H and O–H groups in total. The molecule has 0 fully saturated rings. The summed E-state index contributed by atoms with van der Waals surface area (Å²) >= 11 is 0. The molecule has 4 aromatic carbocycles. The van der Waals surface area contributed by atoms with Gasteiger partial charge < -0.3 is 9.84 Å². The van der Waals surface area contributed by atoms with Crippen molar-refractivity contribution in [3.8, 4) is 12.1 Å². The number of alkyl halides is 3. The van der Waals surface area contributed by atoms with Crippen LogP contribution in [0.3, 0.4) is 0 Å². The van der Waals surface area contributed by atoms with Crippen molar-refractivity contribution in [1.82, 2.24) is 0 Å². The second-order valence-electron chi connectivity index (χ2n) is 12.9. The molecule has 60 heavy (non-hydrogen) atoms. The van der Waals surface area contributed by atoms with E-state index in [0.717, 1.165) is 24.3 Å². The lowest BCUT2D eigenvalue weighted by atomic mass is 10.0. The lowest BCUT2D eigenvalue weighted by Gasteiger charge is -2.20. The third kappa shape index (κ3) is 8.48. The second kappa shape index (κ2) is 16.7. The van der Waals surface area contributed by atoms with E-state index in [9.17, 15) is 50.4 Å². The van der Waals surface area contributed by atoms with Crippen molar-refractivity contribution in [2.75, 3.05) is 0 Å². The highest BCUT2D eigenvalue weighted by Crippen LogP contribution is 2.42. The van der Waals surface area contributed by atoms with Crippen molar-refractivity contribution in [3.05, 3.63) is 211 Å². The zero-order valence-corrected chi connectivity index (χ0v) is 32.2. The van der Waals surface area contributed by atoms with Gasteiger partial charge in [-0.2, -0.15) is 13.2 Å². The number of allylic oxidation sites excluding steroid dienone is 8. The van der Waals surface area contributed by atoms with Crippen LogP contribution in [-0.4, -0.2) is 27.9 Å². The Morgan fingerprint density at radius 1 is 0.633 bits per heavy atom. The molecule has 2 heterocycles. The maximum atomic E-state index is 13.9. The summed E-state index contributed by atoms with van der Waals surface area (Å²) < 4.78 is 102. The molecule has 2 aliphatic heterocycles. The number of sulfone groups is 2. The van der Waals surface area contributed by atoms with Gasteiger partial charge in [-0.3, -0.25) is 0 Å². The van der Waals surface area contributed by atoms with Gasteiger partial charge >= 0.3 is 12.1 Å². The summed E-state index contributed by atoms with van der Waals surface area (Å²) in [7, 11) is -8.67. The molecule has 0 amide bonds. The van der Waals surface area contributed by atoms with Gasteiger partial charge in [0.1, 0.15) is 0 Å². The average Bonchev–Trinajstić information content (AvgIpc) is 3.22. The standard InChI is InChI=1S/C44H25F3N4O7S2/c1-50-37(23-48)34-19-39(59(54,55)41(20-34)31-14-16-32(17-15-31)43(52)53)29-10-6-27(7-11-29)25-58-26-28-8-12-30(13-9-28)40-21-35(38(24-49)51-2)22-42(60(40,56)57)33-4-3-5-36(18-33)44(45,46)47/h3-22H,25-26H2,(H,52,53). The Morgan fingerprint density at radius 2 is 1.02 bits per heavy atom. The maximum absolute atomic E-state index is 13.9. The van der Waals surface area contributed by atoms with E-state index in [1.807, 2.05) is 0 Å². The number of nitriles is 2. The smallest absolute Gasteiger partial charge is 0.416 e. The maximum Gasteiger partial charge on any atom is 0.416 e. The number of rotatable bonds is 9. The molecule has 0 aromatic heterocycles. The summed E-state index contributed by atoms with van der Waals surface area (Å²) in [6.07, 6.45) is -0.175. The number of carboxylic acids is 1. The minimum atomic E-state index is -4.76. The van der Waals surface area contributed by atoms with Crippen molar-refractivity contribution >= 4 is 45.3 Å². The number of nitrogens with zero attached hydrogens (tertiary/aromatic N) is 4. The number of ether oxygens (including phenoxy) is 1. The first kappa shape index (κ1) is 42.0. The van der Waals surface area contributed by atoms with E-state index in [0.29, 0.717) is 17.2 Å². The van der Waals surface area contributed by atoms with Crippen LogP contribution in [0, 0.1) is 35.8 Å². The molecule has 0 bridgehead atoms. The van der Waals surface area contributed by atoms with Crippen LogP contribution in [0.2, 0.25) is 0 Å². The molecule has 0 aliphatic carbocycles. The fourth-order valence-electron chi connectivity index (χ4n) is 6.17. The van der Waals surface area contributed by atoms with Gasteiger partial charge in [-0.1, -0.05) is 72.8 Å². The molecule has 2 aliphatic rings. The summed E-state index contributed by atoms with van der Waals surface area (Å²) in [6, 6.07) is 24.7. The summed E-state index contributed by atoms with van der Waals surface area (Å²) in [5.74, 6) is -1.20. The molecule has 6 rings (SSSR count). The SMILES string of the molecule is [C-]#[N+]C(C#N)=C1C=C(c2ccc(COCc3ccc(C4=CC(=C(C#N)[N+]#[C-])C=C(c5cccc(C(F)(F)F)c5)S4(=O)=O)cc3)cc2)S(=O)(=O)C(c2ccc(C(=O)O)cc2)=C1. The number of benzene rings is 4. The molecule has 296 valence electrons. The Morgan fingerprint density at radius 3 is 1.37 bits per heavy atom. The summed E-state index contributed by atoms with van der Waals surface area (Å²) in [5, 5.41) is 28.3. The van der Waals surface area contributed by atoms with E-state index >= 15 is 0 Å². The van der Waals surface area contributed by atoms with Crippen LogP contribution in [0.5, 0.6) is 0 Å². The molecule has 0 radical (unpaired) electrons. The predicted octanol–water partition coefficient (Wildman–Crippen LogP) is 9.14. The zero-order chi connectivity index (χ0) is 43.4. The van der Waals surface area contributed by atoms with Gasteiger partial charge in [-0.25, -0.2) is 41.8 Å². The van der Waals surface area contributed by atoms with Gasteiger partial charge in [0.15, 0.2) is 0 Å². The molecule has 0 saturated carbocycles.